The third kappa shape index (κ3) is 10.0. The molecule has 288 valence electrons. The second-order valence-electron chi connectivity index (χ2n) is 14.6. The van der Waals surface area contributed by atoms with Crippen molar-refractivity contribution in [1.29, 1.82) is 0 Å². The Balaban J connectivity index is 1.03. The van der Waals surface area contributed by atoms with Crippen molar-refractivity contribution >= 4 is 61.5 Å². The van der Waals surface area contributed by atoms with E-state index in [2.05, 4.69) is 42.1 Å². The number of halogens is 2. The predicted octanol–water partition coefficient (Wildman–Crippen LogP) is 6.42. The van der Waals surface area contributed by atoms with Crippen LogP contribution in [0.5, 0.6) is 5.75 Å². The van der Waals surface area contributed by atoms with Gasteiger partial charge >= 0.3 is 18.1 Å². The van der Waals surface area contributed by atoms with Crippen molar-refractivity contribution in [1.82, 2.24) is 19.6 Å². The molecule has 0 spiro atoms. The van der Waals surface area contributed by atoms with Crippen molar-refractivity contribution in [3.63, 3.8) is 0 Å². The third-order valence-corrected chi connectivity index (χ3v) is 12.6. The van der Waals surface area contributed by atoms with Crippen molar-refractivity contribution in [2.24, 2.45) is 11.8 Å². The summed E-state index contributed by atoms with van der Waals surface area (Å²) in [6.45, 7) is 7.57. The molecular weight excluding hydrogens is 810 g/mol. The van der Waals surface area contributed by atoms with Crippen LogP contribution in [-0.2, 0) is 31.9 Å². The monoisotopic (exact) mass is 859 g/mol. The molecule has 2 N–H and O–H groups in total. The minimum absolute atomic E-state index is 0.00406. The Morgan fingerprint density at radius 2 is 1.51 bits per heavy atom. The predicted molar refractivity (Wildman–Crippen MR) is 208 cm³/mol. The van der Waals surface area contributed by atoms with Crippen LogP contribution in [0.4, 0.5) is 15.3 Å². The lowest BCUT2D eigenvalue weighted by molar-refractivity contribution is -0.144. The molecule has 53 heavy (non-hydrogen) atoms. The molecule has 2 aromatic rings. The number of piperidine rings is 3. The largest absolute Gasteiger partial charge is 0.506 e. The summed E-state index contributed by atoms with van der Waals surface area (Å²) in [6.07, 6.45) is 5.00. The summed E-state index contributed by atoms with van der Waals surface area (Å²) >= 11 is 6.78. The number of benzene rings is 2. The SMILES string of the molecule is CCOC(=O)CCN1CCC(C2CCN(C(=O)[C@@H](Cc3cc(Br)c(O)c(Br)c3)OC(=O)N3CCC(N4CCc5ccccc5NC4=O)CC3)CC2)CC1. The topological polar surface area (TPSA) is 132 Å². The number of esters is 1. The fourth-order valence-corrected chi connectivity index (χ4v) is 9.63. The number of ether oxygens (including phenoxy) is 2. The van der Waals surface area contributed by atoms with Crippen LogP contribution in [0, 0.1) is 11.8 Å². The number of likely N-dealkylation sites (tertiary alicyclic amines) is 3. The highest BCUT2D eigenvalue weighted by Crippen LogP contribution is 2.35. The maximum absolute atomic E-state index is 14.1. The van der Waals surface area contributed by atoms with Gasteiger partial charge in [0.1, 0.15) is 5.75 Å². The second kappa shape index (κ2) is 18.3. The van der Waals surface area contributed by atoms with Crippen molar-refractivity contribution in [2.75, 3.05) is 64.3 Å². The van der Waals surface area contributed by atoms with Crippen LogP contribution in [0.1, 0.15) is 63.0 Å². The number of aromatic hydroxyl groups is 1. The number of amides is 4. The Morgan fingerprint density at radius 1 is 0.887 bits per heavy atom. The molecule has 3 saturated heterocycles. The van der Waals surface area contributed by atoms with E-state index in [1.165, 1.54) is 0 Å². The molecule has 0 bridgehead atoms. The zero-order valence-corrected chi connectivity index (χ0v) is 33.6. The van der Waals surface area contributed by atoms with Crippen molar-refractivity contribution < 1.29 is 33.8 Å². The maximum atomic E-state index is 14.1. The molecule has 2 aromatic carbocycles. The van der Waals surface area contributed by atoms with Gasteiger partial charge in [-0.1, -0.05) is 18.2 Å². The van der Waals surface area contributed by atoms with E-state index in [1.54, 1.807) is 17.0 Å². The summed E-state index contributed by atoms with van der Waals surface area (Å²) in [7, 11) is 0. The second-order valence-corrected chi connectivity index (χ2v) is 16.3. The Labute approximate surface area is 328 Å². The van der Waals surface area contributed by atoms with Gasteiger partial charge in [0.2, 0.25) is 0 Å². The lowest BCUT2D eigenvalue weighted by Crippen LogP contribution is -2.52. The average Bonchev–Trinajstić information content (AvgIpc) is 3.34. The van der Waals surface area contributed by atoms with E-state index in [0.29, 0.717) is 79.4 Å². The van der Waals surface area contributed by atoms with Gasteiger partial charge in [-0.15, -0.1) is 0 Å². The lowest BCUT2D eigenvalue weighted by atomic mass is 9.78. The summed E-state index contributed by atoms with van der Waals surface area (Å²) in [6, 6.07) is 11.2. The first-order chi connectivity index (χ1) is 25.6. The molecule has 0 aromatic heterocycles. The number of phenols is 1. The van der Waals surface area contributed by atoms with Gasteiger partial charge in [0.05, 0.1) is 22.0 Å². The standard InChI is InChI=1S/C39H51Br2N5O7/c1-2-52-35(47)14-17-43-15-7-27(8-16-43)28-9-18-44(19-10-28)37(49)34(25-26-23-31(40)36(48)32(41)24-26)53-39(51)45-20-12-30(13-21-45)46-22-11-29-5-3-4-6-33(29)42-38(46)50/h3-6,23-24,27-28,30,34,48H,2,7-22,25H2,1H3,(H,42,50)/t34-/m1/s1. The highest BCUT2D eigenvalue weighted by molar-refractivity contribution is 9.11. The van der Waals surface area contributed by atoms with E-state index in [9.17, 15) is 24.3 Å². The molecule has 6 rings (SSSR count). The van der Waals surface area contributed by atoms with Crippen LogP contribution >= 0.6 is 31.9 Å². The fraction of sp³-hybridized carbons (Fsp3) is 0.590. The summed E-state index contributed by atoms with van der Waals surface area (Å²) in [5.74, 6) is 0.825. The van der Waals surface area contributed by atoms with Crippen LogP contribution in [0.3, 0.4) is 0 Å². The van der Waals surface area contributed by atoms with E-state index in [1.807, 2.05) is 41.0 Å². The highest BCUT2D eigenvalue weighted by atomic mass is 79.9. The normalized spacial score (nSPS) is 20.0. The molecule has 1 atom stereocenters. The minimum Gasteiger partial charge on any atom is -0.506 e. The molecule has 12 nitrogen and oxygen atoms in total. The van der Waals surface area contributed by atoms with E-state index in [0.717, 1.165) is 68.6 Å². The molecule has 4 aliphatic rings. The summed E-state index contributed by atoms with van der Waals surface area (Å²) in [5.41, 5.74) is 2.70. The molecule has 14 heteroatoms. The number of hydrogen-bond donors (Lipinski definition) is 2. The zero-order valence-electron chi connectivity index (χ0n) is 30.4. The van der Waals surface area contributed by atoms with Crippen LogP contribution in [0.15, 0.2) is 45.3 Å². The first-order valence-electron chi connectivity index (χ1n) is 19.0. The molecular formula is C39H51Br2N5O7. The number of hydrogen-bond acceptors (Lipinski definition) is 8. The fourth-order valence-electron chi connectivity index (χ4n) is 8.35. The molecule has 0 radical (unpaired) electrons. The van der Waals surface area contributed by atoms with E-state index in [4.69, 9.17) is 9.47 Å². The number of para-hydroxylation sites is 1. The van der Waals surface area contributed by atoms with Crippen LogP contribution in [-0.4, -0.2) is 120 Å². The number of carbonyl (C=O) groups excluding carboxylic acids is 4. The molecule has 0 saturated carbocycles. The number of urea groups is 1. The van der Waals surface area contributed by atoms with E-state index in [-0.39, 0.29) is 36.1 Å². The summed E-state index contributed by atoms with van der Waals surface area (Å²) in [4.78, 5) is 60.5. The van der Waals surface area contributed by atoms with Crippen LogP contribution in [0.2, 0.25) is 0 Å². The van der Waals surface area contributed by atoms with Gasteiger partial charge in [-0.05, 0) is 138 Å². The third-order valence-electron chi connectivity index (χ3n) is 11.4. The molecule has 4 amide bonds. The first-order valence-corrected chi connectivity index (χ1v) is 20.6. The molecule has 4 heterocycles. The van der Waals surface area contributed by atoms with Gasteiger partial charge in [-0.2, -0.15) is 0 Å². The van der Waals surface area contributed by atoms with E-state index < -0.39 is 12.2 Å². The number of phenolic OH excluding ortho intramolecular Hbond substituents is 1. The Kier molecular flexibility index (Phi) is 13.6. The van der Waals surface area contributed by atoms with Gasteiger partial charge in [0.25, 0.3) is 5.91 Å². The molecule has 0 unspecified atom stereocenters. The number of carbonyl (C=O) groups is 4. The Bertz CT molecular complexity index is 1600. The molecule has 3 fully saturated rings. The van der Waals surface area contributed by atoms with Gasteiger partial charge in [0, 0.05) is 57.4 Å². The van der Waals surface area contributed by atoms with Crippen molar-refractivity contribution in [3.05, 3.63) is 56.5 Å². The number of nitrogens with zero attached hydrogens (tertiary/aromatic N) is 4. The number of rotatable bonds is 10. The van der Waals surface area contributed by atoms with Gasteiger partial charge in [-0.3, -0.25) is 9.59 Å². The van der Waals surface area contributed by atoms with Crippen molar-refractivity contribution in [2.45, 2.75) is 76.9 Å². The minimum atomic E-state index is -1.03. The summed E-state index contributed by atoms with van der Waals surface area (Å²) < 4.78 is 12.1. The Hall–Kier alpha value is -3.36. The van der Waals surface area contributed by atoms with Gasteiger partial charge in [-0.25, -0.2) is 9.59 Å². The molecule has 4 aliphatic heterocycles. The first kappa shape index (κ1) is 39.3. The Morgan fingerprint density at radius 3 is 2.17 bits per heavy atom. The van der Waals surface area contributed by atoms with Gasteiger partial charge in [0.15, 0.2) is 6.10 Å². The quantitative estimate of drug-likeness (QED) is 0.262. The number of nitrogens with one attached hydrogen (secondary N) is 1. The maximum Gasteiger partial charge on any atom is 0.410 e. The van der Waals surface area contributed by atoms with Crippen molar-refractivity contribution in [3.8, 4) is 5.75 Å². The zero-order chi connectivity index (χ0) is 37.5. The van der Waals surface area contributed by atoms with Gasteiger partial charge < -0.3 is 39.5 Å². The van der Waals surface area contributed by atoms with Crippen LogP contribution < -0.4 is 5.32 Å². The average molecular weight is 862 g/mol. The number of fused-ring (bicyclic) bond motifs is 1. The molecule has 0 aliphatic carbocycles. The smallest absolute Gasteiger partial charge is 0.410 e. The highest BCUT2D eigenvalue weighted by Gasteiger charge is 2.37. The van der Waals surface area contributed by atoms with E-state index >= 15 is 0 Å². The lowest BCUT2D eigenvalue weighted by Gasteiger charge is -2.41. The number of anilines is 1. The summed E-state index contributed by atoms with van der Waals surface area (Å²) in [5, 5.41) is 13.3. The van der Waals surface area contributed by atoms with Crippen LogP contribution in [0.25, 0.3) is 0 Å².